The Morgan fingerprint density at radius 3 is 2.17 bits per heavy atom. The number of aryl methyl sites for hydroxylation is 1. The number of alkyl halides is 6. The third kappa shape index (κ3) is 5.20. The number of halogens is 6. The van der Waals surface area contributed by atoms with Gasteiger partial charge in [-0.2, -0.15) is 26.3 Å². The fourth-order valence-corrected chi connectivity index (χ4v) is 4.61. The van der Waals surface area contributed by atoms with Gasteiger partial charge < -0.3 is 4.57 Å². The maximum atomic E-state index is 13.1. The molecular weight excluding hydrogens is 504 g/mol. The van der Waals surface area contributed by atoms with Gasteiger partial charge in [-0.05, 0) is 41.5 Å². The number of aromatic nitrogens is 3. The highest BCUT2D eigenvalue weighted by atomic mass is 32.2. The molecule has 0 saturated carbocycles. The smallest absolute Gasteiger partial charge is 0.326 e. The third-order valence-electron chi connectivity index (χ3n) is 5.52. The number of hydrogen-bond acceptors (Lipinski definition) is 3. The number of pyridine rings is 1. The second kappa shape index (κ2) is 9.53. The van der Waals surface area contributed by atoms with Crippen LogP contribution in [0.1, 0.15) is 29.3 Å². The molecule has 0 aliphatic heterocycles. The Labute approximate surface area is 204 Å². The Balaban J connectivity index is 1.72. The van der Waals surface area contributed by atoms with Crippen LogP contribution in [0.15, 0.2) is 59.6 Å². The molecule has 4 aromatic rings. The predicted octanol–water partition coefficient (Wildman–Crippen LogP) is 6.97. The Kier molecular flexibility index (Phi) is 6.78. The Hall–Kier alpha value is -3.47. The van der Waals surface area contributed by atoms with Gasteiger partial charge in [-0.3, -0.25) is 4.21 Å². The number of benzene rings is 2. The summed E-state index contributed by atoms with van der Waals surface area (Å²) in [6.07, 6.45) is -4.62. The molecule has 1 unspecified atom stereocenters. The van der Waals surface area contributed by atoms with Gasteiger partial charge in [-0.1, -0.05) is 37.3 Å². The molecule has 0 amide bonds. The quantitative estimate of drug-likeness (QED) is 0.210. The van der Waals surface area contributed by atoms with Crippen LogP contribution in [0.5, 0.6) is 0 Å². The van der Waals surface area contributed by atoms with Crippen LogP contribution in [0, 0.1) is 0 Å². The molecule has 2 aromatic carbocycles. The van der Waals surface area contributed by atoms with Crippen molar-refractivity contribution in [1.82, 2.24) is 14.5 Å². The van der Waals surface area contributed by atoms with E-state index in [-0.39, 0.29) is 5.52 Å². The van der Waals surface area contributed by atoms with E-state index in [1.54, 1.807) is 48.9 Å². The van der Waals surface area contributed by atoms with E-state index in [2.05, 4.69) is 9.97 Å². The minimum absolute atomic E-state index is 0.106. The number of nitrogens with zero attached hydrogens (tertiary/aromatic N) is 3. The summed E-state index contributed by atoms with van der Waals surface area (Å²) >= 11 is 0. The van der Waals surface area contributed by atoms with E-state index < -0.39 is 34.4 Å². The van der Waals surface area contributed by atoms with Gasteiger partial charge in [0.15, 0.2) is 0 Å². The minimum Gasteiger partial charge on any atom is -0.326 e. The first-order chi connectivity index (χ1) is 16.9. The lowest BCUT2D eigenvalue weighted by molar-refractivity contribution is -0.141. The van der Waals surface area contributed by atoms with Crippen molar-refractivity contribution in [3.05, 3.63) is 77.1 Å². The predicted molar refractivity (Wildman–Crippen MR) is 126 cm³/mol. The second-order valence-electron chi connectivity index (χ2n) is 7.89. The van der Waals surface area contributed by atoms with Gasteiger partial charge >= 0.3 is 12.4 Å². The molecule has 188 valence electrons. The van der Waals surface area contributed by atoms with Crippen LogP contribution in [0.2, 0.25) is 0 Å². The zero-order chi connectivity index (χ0) is 26.3. The fraction of sp³-hybridized carbons (Fsp3) is 0.200. The van der Waals surface area contributed by atoms with Gasteiger partial charge in [-0.25, -0.2) is 9.97 Å². The zero-order valence-corrected chi connectivity index (χ0v) is 19.8. The number of hydrogen-bond donors (Lipinski definition) is 0. The Morgan fingerprint density at radius 1 is 0.917 bits per heavy atom. The average Bonchev–Trinajstić information content (AvgIpc) is 3.17. The second-order valence-corrected chi connectivity index (χ2v) is 9.60. The molecule has 0 radical (unpaired) electrons. The Morgan fingerprint density at radius 2 is 1.56 bits per heavy atom. The summed E-state index contributed by atoms with van der Waals surface area (Å²) in [5.74, 6) is 0.629. The van der Waals surface area contributed by atoms with Crippen LogP contribution in [0.4, 0.5) is 26.3 Å². The summed E-state index contributed by atoms with van der Waals surface area (Å²) in [5.41, 5.74) is 0.384. The SMILES string of the molecule is CCS(=O)c1cc(/C=C/c2ccc(C(F)(F)F)cc2)ccc1-c1nc2cc(C(F)(F)F)ncc2n1C. The van der Waals surface area contributed by atoms with E-state index in [1.807, 2.05) is 0 Å². The monoisotopic (exact) mass is 523 g/mol. The lowest BCUT2D eigenvalue weighted by Crippen LogP contribution is -2.07. The lowest BCUT2D eigenvalue weighted by Gasteiger charge is -2.10. The molecule has 0 N–H and O–H groups in total. The zero-order valence-electron chi connectivity index (χ0n) is 19.0. The lowest BCUT2D eigenvalue weighted by atomic mass is 10.1. The summed E-state index contributed by atoms with van der Waals surface area (Å²) in [5, 5.41) is 0. The molecule has 0 spiro atoms. The van der Waals surface area contributed by atoms with Gasteiger partial charge in [0.25, 0.3) is 0 Å². The fourth-order valence-electron chi connectivity index (χ4n) is 3.63. The highest BCUT2D eigenvalue weighted by molar-refractivity contribution is 7.85. The van der Waals surface area contributed by atoms with Crippen molar-refractivity contribution in [2.45, 2.75) is 24.2 Å². The maximum Gasteiger partial charge on any atom is 0.433 e. The Bertz CT molecular complexity index is 1470. The summed E-state index contributed by atoms with van der Waals surface area (Å²) in [7, 11) is 0.205. The van der Waals surface area contributed by atoms with Gasteiger partial charge in [0, 0.05) is 18.4 Å². The summed E-state index contributed by atoms with van der Waals surface area (Å²) in [6, 6.07) is 10.6. The van der Waals surface area contributed by atoms with Crippen LogP contribution in [-0.4, -0.2) is 24.5 Å². The van der Waals surface area contributed by atoms with Crippen molar-refractivity contribution < 1.29 is 30.6 Å². The van der Waals surface area contributed by atoms with Crippen LogP contribution in [0.25, 0.3) is 34.6 Å². The van der Waals surface area contributed by atoms with Crippen molar-refractivity contribution >= 4 is 34.0 Å². The summed E-state index contributed by atoms with van der Waals surface area (Å²) in [4.78, 5) is 8.29. The third-order valence-corrected chi connectivity index (χ3v) is 6.87. The molecule has 4 nitrogen and oxygen atoms in total. The number of rotatable bonds is 5. The molecule has 0 bridgehead atoms. The van der Waals surface area contributed by atoms with Crippen LogP contribution < -0.4 is 0 Å². The first-order valence-electron chi connectivity index (χ1n) is 10.7. The van der Waals surface area contributed by atoms with Crippen molar-refractivity contribution in [3.8, 4) is 11.4 Å². The molecule has 11 heteroatoms. The minimum atomic E-state index is -4.61. The highest BCUT2D eigenvalue weighted by Gasteiger charge is 2.33. The van der Waals surface area contributed by atoms with Crippen molar-refractivity contribution in [3.63, 3.8) is 0 Å². The number of imidazole rings is 1. The van der Waals surface area contributed by atoms with Crippen molar-refractivity contribution in [1.29, 1.82) is 0 Å². The summed E-state index contributed by atoms with van der Waals surface area (Å²) in [6.45, 7) is 1.74. The molecule has 1 atom stereocenters. The molecular formula is C25H19F6N3OS. The van der Waals surface area contributed by atoms with Gasteiger partial charge in [0.05, 0.1) is 38.5 Å². The molecule has 2 heterocycles. The van der Waals surface area contributed by atoms with Gasteiger partial charge in [0.2, 0.25) is 0 Å². The van der Waals surface area contributed by atoms with E-state index in [0.29, 0.717) is 38.7 Å². The van der Waals surface area contributed by atoms with Crippen molar-refractivity contribution in [2.75, 3.05) is 5.75 Å². The average molecular weight is 524 g/mol. The van der Waals surface area contributed by atoms with Crippen LogP contribution in [0.3, 0.4) is 0 Å². The standard InChI is InChI=1S/C25H19F6N3OS/c1-3-36(35)21-12-16(5-4-15-6-9-17(10-7-15)24(26,27)28)8-11-18(21)23-33-19-13-22(25(29,30)31)32-14-20(19)34(23)2/h4-14H,3H2,1-2H3/b5-4+. The van der Waals surface area contributed by atoms with E-state index in [0.717, 1.165) is 24.4 Å². The first-order valence-corrected chi connectivity index (χ1v) is 12.0. The normalized spacial score (nSPS) is 13.6. The van der Waals surface area contributed by atoms with Crippen LogP contribution in [-0.2, 0) is 30.2 Å². The molecule has 36 heavy (non-hydrogen) atoms. The topological polar surface area (TPSA) is 47.8 Å². The molecule has 0 saturated heterocycles. The molecule has 0 fully saturated rings. The maximum absolute atomic E-state index is 13.1. The number of fused-ring (bicyclic) bond motifs is 1. The van der Waals surface area contributed by atoms with E-state index >= 15 is 0 Å². The van der Waals surface area contributed by atoms with Crippen molar-refractivity contribution in [2.24, 2.45) is 7.05 Å². The molecule has 4 rings (SSSR count). The van der Waals surface area contributed by atoms with Crippen LogP contribution >= 0.6 is 0 Å². The van der Waals surface area contributed by atoms with Gasteiger partial charge in [-0.15, -0.1) is 0 Å². The van der Waals surface area contributed by atoms with E-state index in [9.17, 15) is 30.6 Å². The molecule has 2 aromatic heterocycles. The highest BCUT2D eigenvalue weighted by Crippen LogP contribution is 2.33. The summed E-state index contributed by atoms with van der Waals surface area (Å²) < 4.78 is 92.0. The largest absolute Gasteiger partial charge is 0.433 e. The van der Waals surface area contributed by atoms with E-state index in [1.165, 1.54) is 12.1 Å². The first kappa shape index (κ1) is 25.6. The van der Waals surface area contributed by atoms with Gasteiger partial charge in [0.1, 0.15) is 11.5 Å². The molecule has 0 aliphatic rings. The van der Waals surface area contributed by atoms with E-state index in [4.69, 9.17) is 0 Å². The molecule has 0 aliphatic carbocycles.